The SMILES string of the molecule is O=C(c1cccc2ccccc12)N1CC(c2nc(-c3ccccn3)no2)C1. The Bertz CT molecular complexity index is 1110. The molecule has 4 aromatic rings. The van der Waals surface area contributed by atoms with E-state index in [1.165, 1.54) is 0 Å². The molecule has 0 N–H and O–H groups in total. The van der Waals surface area contributed by atoms with Crippen LogP contribution in [0.2, 0.25) is 0 Å². The quantitative estimate of drug-likeness (QED) is 0.561. The van der Waals surface area contributed by atoms with Crippen LogP contribution in [0, 0.1) is 0 Å². The van der Waals surface area contributed by atoms with Gasteiger partial charge in [-0.1, -0.05) is 47.6 Å². The normalized spacial score (nSPS) is 14.3. The van der Waals surface area contributed by atoms with Crippen molar-refractivity contribution in [2.24, 2.45) is 0 Å². The molecule has 0 saturated carbocycles. The second-order valence-corrected chi connectivity index (χ2v) is 6.60. The van der Waals surface area contributed by atoms with E-state index in [4.69, 9.17) is 4.52 Å². The Kier molecular flexibility index (Phi) is 3.67. The van der Waals surface area contributed by atoms with Gasteiger partial charge in [0.1, 0.15) is 5.69 Å². The number of benzene rings is 2. The van der Waals surface area contributed by atoms with Crippen molar-refractivity contribution in [3.05, 3.63) is 78.3 Å². The summed E-state index contributed by atoms with van der Waals surface area (Å²) in [5.41, 5.74) is 1.40. The highest BCUT2D eigenvalue weighted by molar-refractivity contribution is 6.07. The first-order valence-electron chi connectivity index (χ1n) is 8.81. The van der Waals surface area contributed by atoms with E-state index in [0.29, 0.717) is 30.5 Å². The summed E-state index contributed by atoms with van der Waals surface area (Å²) < 4.78 is 5.39. The van der Waals surface area contributed by atoms with Crippen molar-refractivity contribution in [2.45, 2.75) is 5.92 Å². The van der Waals surface area contributed by atoms with E-state index in [9.17, 15) is 4.79 Å². The van der Waals surface area contributed by atoms with Gasteiger partial charge in [0, 0.05) is 24.8 Å². The molecule has 0 spiro atoms. The lowest BCUT2D eigenvalue weighted by molar-refractivity contribution is 0.0571. The van der Waals surface area contributed by atoms with E-state index in [-0.39, 0.29) is 11.8 Å². The maximum atomic E-state index is 12.9. The minimum Gasteiger partial charge on any atom is -0.338 e. The molecule has 5 rings (SSSR count). The van der Waals surface area contributed by atoms with Crippen molar-refractivity contribution >= 4 is 16.7 Å². The fourth-order valence-corrected chi connectivity index (χ4v) is 3.38. The summed E-state index contributed by atoms with van der Waals surface area (Å²) in [5, 5.41) is 6.05. The highest BCUT2D eigenvalue weighted by Gasteiger charge is 2.36. The fourth-order valence-electron chi connectivity index (χ4n) is 3.38. The predicted octanol–water partition coefficient (Wildman–Crippen LogP) is 3.52. The van der Waals surface area contributed by atoms with Gasteiger partial charge in [-0.15, -0.1) is 0 Å². The molecular formula is C21H16N4O2. The maximum Gasteiger partial charge on any atom is 0.254 e. The molecule has 0 aliphatic carbocycles. The lowest BCUT2D eigenvalue weighted by Crippen LogP contribution is -2.48. The smallest absolute Gasteiger partial charge is 0.254 e. The Balaban J connectivity index is 1.32. The first-order valence-corrected chi connectivity index (χ1v) is 8.81. The summed E-state index contributed by atoms with van der Waals surface area (Å²) in [6.45, 7) is 1.15. The molecule has 1 saturated heterocycles. The molecule has 0 bridgehead atoms. The van der Waals surface area contributed by atoms with Crippen LogP contribution in [0.1, 0.15) is 22.2 Å². The van der Waals surface area contributed by atoms with Gasteiger partial charge in [-0.25, -0.2) is 0 Å². The molecule has 132 valence electrons. The lowest BCUT2D eigenvalue weighted by atomic mass is 9.97. The highest BCUT2D eigenvalue weighted by Crippen LogP contribution is 2.30. The van der Waals surface area contributed by atoms with Crippen LogP contribution in [0.5, 0.6) is 0 Å². The van der Waals surface area contributed by atoms with E-state index in [1.54, 1.807) is 6.20 Å². The Morgan fingerprint density at radius 2 is 1.81 bits per heavy atom. The van der Waals surface area contributed by atoms with Crippen molar-refractivity contribution in [1.82, 2.24) is 20.0 Å². The number of aromatic nitrogens is 3. The van der Waals surface area contributed by atoms with Crippen molar-refractivity contribution in [2.75, 3.05) is 13.1 Å². The first-order chi connectivity index (χ1) is 13.3. The zero-order valence-corrected chi connectivity index (χ0v) is 14.4. The van der Waals surface area contributed by atoms with Crippen LogP contribution in [0.3, 0.4) is 0 Å². The van der Waals surface area contributed by atoms with Crippen molar-refractivity contribution < 1.29 is 9.32 Å². The molecule has 1 aliphatic rings. The molecule has 6 nitrogen and oxygen atoms in total. The van der Waals surface area contributed by atoms with Gasteiger partial charge in [-0.3, -0.25) is 9.78 Å². The first kappa shape index (κ1) is 15.7. The molecular weight excluding hydrogens is 340 g/mol. The average molecular weight is 356 g/mol. The third-order valence-electron chi connectivity index (χ3n) is 4.87. The van der Waals surface area contributed by atoms with Crippen molar-refractivity contribution in [3.63, 3.8) is 0 Å². The van der Waals surface area contributed by atoms with E-state index in [0.717, 1.165) is 16.3 Å². The molecule has 3 heterocycles. The third kappa shape index (κ3) is 2.75. The van der Waals surface area contributed by atoms with Gasteiger partial charge >= 0.3 is 0 Å². The number of rotatable bonds is 3. The van der Waals surface area contributed by atoms with E-state index in [2.05, 4.69) is 15.1 Å². The number of hydrogen-bond donors (Lipinski definition) is 0. The predicted molar refractivity (Wildman–Crippen MR) is 100 cm³/mol. The van der Waals surface area contributed by atoms with Crippen LogP contribution in [0.15, 0.2) is 71.4 Å². The zero-order valence-electron chi connectivity index (χ0n) is 14.4. The Morgan fingerprint density at radius 3 is 2.67 bits per heavy atom. The summed E-state index contributed by atoms with van der Waals surface area (Å²) in [4.78, 5) is 23.4. The number of likely N-dealkylation sites (tertiary alicyclic amines) is 1. The second-order valence-electron chi connectivity index (χ2n) is 6.60. The molecule has 0 radical (unpaired) electrons. The van der Waals surface area contributed by atoms with Gasteiger partial charge in [0.25, 0.3) is 5.91 Å². The molecule has 27 heavy (non-hydrogen) atoms. The Hall–Kier alpha value is -3.54. The van der Waals surface area contributed by atoms with Crippen LogP contribution < -0.4 is 0 Å². The van der Waals surface area contributed by atoms with Gasteiger partial charge in [-0.05, 0) is 29.0 Å². The van der Waals surface area contributed by atoms with Gasteiger partial charge in [0.2, 0.25) is 11.7 Å². The minimum absolute atomic E-state index is 0.0347. The van der Waals surface area contributed by atoms with Gasteiger partial charge in [-0.2, -0.15) is 4.98 Å². The zero-order chi connectivity index (χ0) is 18.2. The van der Waals surface area contributed by atoms with Crippen LogP contribution in [-0.4, -0.2) is 39.0 Å². The highest BCUT2D eigenvalue weighted by atomic mass is 16.5. The molecule has 1 aliphatic heterocycles. The summed E-state index contributed by atoms with van der Waals surface area (Å²) in [6, 6.07) is 19.3. The minimum atomic E-state index is 0.0347. The molecule has 1 fully saturated rings. The molecule has 0 unspecified atom stereocenters. The molecule has 2 aromatic heterocycles. The van der Waals surface area contributed by atoms with E-state index >= 15 is 0 Å². The number of fused-ring (bicyclic) bond motifs is 1. The fraction of sp³-hybridized carbons (Fsp3) is 0.143. The number of carbonyl (C=O) groups excluding carboxylic acids is 1. The Morgan fingerprint density at radius 1 is 1.00 bits per heavy atom. The number of hydrogen-bond acceptors (Lipinski definition) is 5. The summed E-state index contributed by atoms with van der Waals surface area (Å²) in [7, 11) is 0. The topological polar surface area (TPSA) is 72.1 Å². The van der Waals surface area contributed by atoms with Crippen LogP contribution in [0.25, 0.3) is 22.3 Å². The van der Waals surface area contributed by atoms with Crippen molar-refractivity contribution in [3.8, 4) is 11.5 Å². The molecule has 6 heteroatoms. The number of pyridine rings is 1. The molecule has 2 aromatic carbocycles. The maximum absolute atomic E-state index is 12.9. The van der Waals surface area contributed by atoms with Gasteiger partial charge < -0.3 is 9.42 Å². The number of amides is 1. The molecule has 0 atom stereocenters. The van der Waals surface area contributed by atoms with Gasteiger partial charge in [0.05, 0.1) is 5.92 Å². The van der Waals surface area contributed by atoms with Crippen LogP contribution in [0.4, 0.5) is 0 Å². The third-order valence-corrected chi connectivity index (χ3v) is 4.87. The van der Waals surface area contributed by atoms with E-state index < -0.39 is 0 Å². The standard InChI is InChI=1S/C21H16N4O2/c26-21(17-9-5-7-14-6-1-2-8-16(14)17)25-12-15(13-25)20-23-19(24-27-20)18-10-3-4-11-22-18/h1-11,15H,12-13H2. The second kappa shape index (κ2) is 6.32. The Labute approximate surface area is 155 Å². The number of carbonyl (C=O) groups is 1. The monoisotopic (exact) mass is 356 g/mol. The summed E-state index contributed by atoms with van der Waals surface area (Å²) in [6.07, 6.45) is 1.69. The van der Waals surface area contributed by atoms with Crippen LogP contribution >= 0.6 is 0 Å². The average Bonchev–Trinajstić information content (AvgIpc) is 3.16. The lowest BCUT2D eigenvalue weighted by Gasteiger charge is -2.37. The van der Waals surface area contributed by atoms with Gasteiger partial charge in [0.15, 0.2) is 0 Å². The summed E-state index contributed by atoms with van der Waals surface area (Å²) >= 11 is 0. The van der Waals surface area contributed by atoms with Crippen LogP contribution in [-0.2, 0) is 0 Å². The molecule has 1 amide bonds. The number of nitrogens with zero attached hydrogens (tertiary/aromatic N) is 4. The largest absolute Gasteiger partial charge is 0.338 e. The van der Waals surface area contributed by atoms with Crippen molar-refractivity contribution in [1.29, 1.82) is 0 Å². The summed E-state index contributed by atoms with van der Waals surface area (Å²) in [5.74, 6) is 1.13. The van der Waals surface area contributed by atoms with E-state index in [1.807, 2.05) is 65.6 Å².